The third-order valence-corrected chi connectivity index (χ3v) is 4.51. The molecule has 1 atom stereocenters. The van der Waals surface area contributed by atoms with Crippen LogP contribution in [-0.2, 0) is 12.3 Å². The second-order valence-electron chi connectivity index (χ2n) is 4.92. The summed E-state index contributed by atoms with van der Waals surface area (Å²) in [6, 6.07) is 7.14. The van der Waals surface area contributed by atoms with Crippen LogP contribution in [0.3, 0.4) is 0 Å². The fraction of sp³-hybridized carbons (Fsp3) is 0.267. The fourth-order valence-electron chi connectivity index (χ4n) is 2.54. The first-order chi connectivity index (χ1) is 10.1. The summed E-state index contributed by atoms with van der Waals surface area (Å²) in [6.45, 7) is 2.05. The van der Waals surface area contributed by atoms with E-state index in [2.05, 4.69) is 11.9 Å². The van der Waals surface area contributed by atoms with Crippen molar-refractivity contribution in [3.63, 3.8) is 0 Å². The molecule has 0 bridgehead atoms. The van der Waals surface area contributed by atoms with Crippen molar-refractivity contribution in [1.29, 1.82) is 0 Å². The van der Waals surface area contributed by atoms with E-state index in [1.54, 1.807) is 12.3 Å². The van der Waals surface area contributed by atoms with Gasteiger partial charge in [-0.25, -0.2) is 9.37 Å². The molecule has 0 N–H and O–H groups in total. The summed E-state index contributed by atoms with van der Waals surface area (Å²) in [5, 5.41) is 0. The highest BCUT2D eigenvalue weighted by Crippen LogP contribution is 2.27. The summed E-state index contributed by atoms with van der Waals surface area (Å²) in [5.41, 5.74) is 1.53. The molecule has 1 aromatic carbocycles. The molecule has 0 radical (unpaired) electrons. The molecule has 0 aliphatic heterocycles. The number of furan rings is 1. The molecule has 0 amide bonds. The molecule has 0 spiro atoms. The van der Waals surface area contributed by atoms with Gasteiger partial charge in [0.15, 0.2) is 0 Å². The van der Waals surface area contributed by atoms with Crippen LogP contribution in [0.5, 0.6) is 0 Å². The number of fused-ring (bicyclic) bond motifs is 1. The number of aromatic nitrogens is 2. The Morgan fingerprint density at radius 3 is 2.95 bits per heavy atom. The minimum atomic E-state index is -0.240. The first-order valence-electron chi connectivity index (χ1n) is 6.54. The first-order valence-corrected chi connectivity index (χ1v) is 8.15. The lowest BCUT2D eigenvalue weighted by Gasteiger charge is -2.16. The molecule has 0 fully saturated rings. The average molecular weight is 419 g/mol. The van der Waals surface area contributed by atoms with E-state index in [9.17, 15) is 4.39 Å². The number of benzene rings is 1. The molecule has 110 valence electrons. The van der Waals surface area contributed by atoms with Crippen LogP contribution in [-0.4, -0.2) is 9.55 Å². The third-order valence-electron chi connectivity index (χ3n) is 3.44. The molecule has 6 heteroatoms. The zero-order chi connectivity index (χ0) is 15.0. The number of hydrogen-bond acceptors (Lipinski definition) is 2. The van der Waals surface area contributed by atoms with Gasteiger partial charge in [-0.3, -0.25) is 0 Å². The normalized spacial score (nSPS) is 13.0. The molecule has 0 saturated heterocycles. The Kier molecular flexibility index (Phi) is 4.21. The number of halogens is 3. The van der Waals surface area contributed by atoms with Crippen molar-refractivity contribution in [1.82, 2.24) is 9.55 Å². The van der Waals surface area contributed by atoms with Gasteiger partial charge in [0.1, 0.15) is 17.4 Å². The van der Waals surface area contributed by atoms with Gasteiger partial charge in [-0.2, -0.15) is 0 Å². The maximum absolute atomic E-state index is 13.9. The van der Waals surface area contributed by atoms with E-state index >= 15 is 0 Å². The van der Waals surface area contributed by atoms with Gasteiger partial charge in [0.05, 0.1) is 26.7 Å². The maximum Gasteiger partial charge on any atom is 0.138 e. The lowest BCUT2D eigenvalue weighted by atomic mass is 10.2. The van der Waals surface area contributed by atoms with Crippen molar-refractivity contribution in [3.05, 3.63) is 51.5 Å². The summed E-state index contributed by atoms with van der Waals surface area (Å²) in [7, 11) is 0. The first kappa shape index (κ1) is 14.8. The number of hydrogen-bond donors (Lipinski definition) is 0. The molecular weight excluding hydrogens is 406 g/mol. The van der Waals surface area contributed by atoms with Crippen LogP contribution in [0.25, 0.3) is 11.0 Å². The van der Waals surface area contributed by atoms with Crippen LogP contribution in [0, 0.1) is 9.39 Å². The van der Waals surface area contributed by atoms with Crippen molar-refractivity contribution in [3.8, 4) is 0 Å². The summed E-state index contributed by atoms with van der Waals surface area (Å²) in [4.78, 5) is 4.51. The van der Waals surface area contributed by atoms with Crippen LogP contribution in [0.15, 0.2) is 34.9 Å². The third kappa shape index (κ3) is 2.81. The van der Waals surface area contributed by atoms with Crippen LogP contribution >= 0.6 is 34.2 Å². The number of nitrogens with zero attached hydrogens (tertiary/aromatic N) is 2. The van der Waals surface area contributed by atoms with Gasteiger partial charge in [0.25, 0.3) is 0 Å². The van der Waals surface area contributed by atoms with Crippen LogP contribution in [0.2, 0.25) is 0 Å². The molecule has 3 rings (SSSR count). The smallest absolute Gasteiger partial charge is 0.138 e. The Bertz CT molecular complexity index is 770. The Labute approximate surface area is 140 Å². The quantitative estimate of drug-likeness (QED) is 0.445. The van der Waals surface area contributed by atoms with Crippen LogP contribution in [0.1, 0.15) is 24.6 Å². The lowest BCUT2D eigenvalue weighted by Crippen LogP contribution is -2.11. The van der Waals surface area contributed by atoms with Crippen molar-refractivity contribution in [2.24, 2.45) is 0 Å². The van der Waals surface area contributed by atoms with E-state index in [-0.39, 0.29) is 17.7 Å². The van der Waals surface area contributed by atoms with Crippen molar-refractivity contribution in [2.45, 2.75) is 25.3 Å². The van der Waals surface area contributed by atoms with Gasteiger partial charge < -0.3 is 8.98 Å². The monoisotopic (exact) mass is 418 g/mol. The van der Waals surface area contributed by atoms with Crippen molar-refractivity contribution in [2.75, 3.05) is 0 Å². The Morgan fingerprint density at radius 2 is 2.29 bits per heavy atom. The highest BCUT2D eigenvalue weighted by Gasteiger charge is 2.18. The SMILES string of the molecule is CC(Cc1ccco1)n1c(CCl)nc2cc(I)c(F)cc21. The number of imidazole rings is 1. The molecule has 2 heterocycles. The largest absolute Gasteiger partial charge is 0.469 e. The predicted molar refractivity (Wildman–Crippen MR) is 89.1 cm³/mol. The number of alkyl halides is 1. The van der Waals surface area contributed by atoms with Gasteiger partial charge in [-0.15, -0.1) is 11.6 Å². The predicted octanol–water partition coefficient (Wildman–Crippen LogP) is 4.92. The highest BCUT2D eigenvalue weighted by molar-refractivity contribution is 14.1. The topological polar surface area (TPSA) is 31.0 Å². The minimum Gasteiger partial charge on any atom is -0.469 e. The second-order valence-corrected chi connectivity index (χ2v) is 6.35. The zero-order valence-corrected chi connectivity index (χ0v) is 14.2. The average Bonchev–Trinajstić information content (AvgIpc) is 3.06. The summed E-state index contributed by atoms with van der Waals surface area (Å²) >= 11 is 7.98. The van der Waals surface area contributed by atoms with Crippen LogP contribution < -0.4 is 0 Å². The Hall–Kier alpha value is -1.08. The van der Waals surface area contributed by atoms with Gasteiger partial charge in [0.2, 0.25) is 0 Å². The second kappa shape index (κ2) is 5.96. The van der Waals surface area contributed by atoms with E-state index in [1.807, 2.05) is 39.3 Å². The van der Waals surface area contributed by atoms with E-state index in [4.69, 9.17) is 16.0 Å². The van der Waals surface area contributed by atoms with E-state index < -0.39 is 0 Å². The van der Waals surface area contributed by atoms with Crippen molar-refractivity contribution >= 4 is 45.2 Å². The van der Waals surface area contributed by atoms with E-state index in [0.717, 1.165) is 22.6 Å². The highest BCUT2D eigenvalue weighted by atomic mass is 127. The lowest BCUT2D eigenvalue weighted by molar-refractivity contribution is 0.449. The molecule has 0 saturated carbocycles. The van der Waals surface area contributed by atoms with Gasteiger partial charge >= 0.3 is 0 Å². The molecule has 0 aliphatic rings. The van der Waals surface area contributed by atoms with Gasteiger partial charge in [-0.1, -0.05) is 0 Å². The summed E-state index contributed by atoms with van der Waals surface area (Å²) < 4.78 is 21.8. The molecular formula is C15H13ClFIN2O. The maximum atomic E-state index is 13.9. The van der Waals surface area contributed by atoms with Crippen LogP contribution in [0.4, 0.5) is 4.39 Å². The molecule has 21 heavy (non-hydrogen) atoms. The number of rotatable bonds is 4. The Balaban J connectivity index is 2.09. The van der Waals surface area contributed by atoms with Gasteiger partial charge in [-0.05, 0) is 47.7 Å². The minimum absolute atomic E-state index is 0.0781. The Morgan fingerprint density at radius 1 is 1.48 bits per heavy atom. The molecule has 2 aromatic heterocycles. The van der Waals surface area contributed by atoms with Crippen molar-refractivity contribution < 1.29 is 8.81 Å². The fourth-order valence-corrected chi connectivity index (χ4v) is 3.18. The molecule has 0 aliphatic carbocycles. The zero-order valence-electron chi connectivity index (χ0n) is 11.3. The van der Waals surface area contributed by atoms with E-state index in [1.165, 1.54) is 6.07 Å². The summed E-state index contributed by atoms with van der Waals surface area (Å²) in [6.07, 6.45) is 2.36. The summed E-state index contributed by atoms with van der Waals surface area (Å²) in [5.74, 6) is 1.67. The molecule has 3 aromatic rings. The van der Waals surface area contributed by atoms with E-state index in [0.29, 0.717) is 9.99 Å². The van der Waals surface area contributed by atoms with Gasteiger partial charge in [0, 0.05) is 18.5 Å². The molecule has 1 unspecified atom stereocenters. The standard InChI is InChI=1S/C15H13ClFIN2O/c1-9(5-10-3-2-4-21-10)20-14-6-11(17)12(18)7-13(14)19-15(20)8-16/h2-4,6-7,9H,5,8H2,1H3. The molecule has 3 nitrogen and oxygen atoms in total.